The standard InChI is InChI=1S/C13H18O4/c1-9(15)6-10(2)17-12-5-4-11(8-14)7-13(12)16-3/h4-5,7,10,14H,6,8H2,1-3H3. The molecular weight excluding hydrogens is 220 g/mol. The van der Waals surface area contributed by atoms with Gasteiger partial charge in [-0.1, -0.05) is 6.07 Å². The third kappa shape index (κ3) is 4.07. The van der Waals surface area contributed by atoms with E-state index in [4.69, 9.17) is 14.6 Å². The number of ketones is 1. The smallest absolute Gasteiger partial charge is 0.161 e. The van der Waals surface area contributed by atoms with Gasteiger partial charge in [-0.15, -0.1) is 0 Å². The number of Topliss-reactive ketones (excluding diaryl/α,β-unsaturated/α-hetero) is 1. The topological polar surface area (TPSA) is 55.8 Å². The SMILES string of the molecule is COc1cc(CO)ccc1OC(C)CC(C)=O. The van der Waals surface area contributed by atoms with Gasteiger partial charge in [-0.2, -0.15) is 0 Å². The fourth-order valence-corrected chi connectivity index (χ4v) is 1.57. The van der Waals surface area contributed by atoms with Gasteiger partial charge in [0.25, 0.3) is 0 Å². The van der Waals surface area contributed by atoms with Gasteiger partial charge in [0.1, 0.15) is 11.9 Å². The zero-order valence-corrected chi connectivity index (χ0v) is 10.4. The maximum Gasteiger partial charge on any atom is 0.161 e. The lowest BCUT2D eigenvalue weighted by atomic mass is 10.2. The summed E-state index contributed by atoms with van der Waals surface area (Å²) in [7, 11) is 1.54. The van der Waals surface area contributed by atoms with Crippen LogP contribution in [0.25, 0.3) is 0 Å². The average molecular weight is 238 g/mol. The second kappa shape index (κ2) is 6.25. The Morgan fingerprint density at radius 2 is 2.12 bits per heavy atom. The third-order valence-electron chi connectivity index (χ3n) is 2.31. The van der Waals surface area contributed by atoms with Crippen LogP contribution in [0.1, 0.15) is 25.8 Å². The van der Waals surface area contributed by atoms with Crippen LogP contribution in [-0.4, -0.2) is 24.1 Å². The molecule has 0 bridgehead atoms. The number of carbonyl (C=O) groups excluding carboxylic acids is 1. The molecule has 0 aromatic heterocycles. The minimum Gasteiger partial charge on any atom is -0.493 e. The Hall–Kier alpha value is -1.55. The van der Waals surface area contributed by atoms with Gasteiger partial charge in [-0.05, 0) is 31.5 Å². The molecule has 0 aliphatic carbocycles. The van der Waals surface area contributed by atoms with Crippen molar-refractivity contribution >= 4 is 5.78 Å². The van der Waals surface area contributed by atoms with Crippen molar-refractivity contribution in [3.8, 4) is 11.5 Å². The van der Waals surface area contributed by atoms with Crippen LogP contribution in [-0.2, 0) is 11.4 Å². The summed E-state index contributed by atoms with van der Waals surface area (Å²) in [6, 6.07) is 5.22. The van der Waals surface area contributed by atoms with E-state index in [9.17, 15) is 4.79 Å². The predicted octanol–water partition coefficient (Wildman–Crippen LogP) is 1.93. The number of carbonyl (C=O) groups is 1. The van der Waals surface area contributed by atoms with Gasteiger partial charge in [-0.3, -0.25) is 4.79 Å². The summed E-state index contributed by atoms with van der Waals surface area (Å²) < 4.78 is 10.8. The van der Waals surface area contributed by atoms with Crippen LogP contribution in [0.2, 0.25) is 0 Å². The summed E-state index contributed by atoms with van der Waals surface area (Å²) in [6.45, 7) is 3.33. The Labute approximate surface area is 101 Å². The number of aliphatic hydroxyl groups excluding tert-OH is 1. The Bertz CT molecular complexity index is 387. The van der Waals surface area contributed by atoms with Crippen molar-refractivity contribution in [2.75, 3.05) is 7.11 Å². The van der Waals surface area contributed by atoms with Gasteiger partial charge in [0.15, 0.2) is 11.5 Å². The Morgan fingerprint density at radius 3 is 2.65 bits per heavy atom. The monoisotopic (exact) mass is 238 g/mol. The van der Waals surface area contributed by atoms with Crippen LogP contribution >= 0.6 is 0 Å². The maximum absolute atomic E-state index is 11.0. The zero-order chi connectivity index (χ0) is 12.8. The summed E-state index contributed by atoms with van der Waals surface area (Å²) in [5.74, 6) is 1.23. The first-order valence-corrected chi connectivity index (χ1v) is 5.50. The molecule has 1 atom stereocenters. The lowest BCUT2D eigenvalue weighted by Gasteiger charge is -2.16. The van der Waals surface area contributed by atoms with Crippen molar-refractivity contribution < 1.29 is 19.4 Å². The molecule has 17 heavy (non-hydrogen) atoms. The third-order valence-corrected chi connectivity index (χ3v) is 2.31. The zero-order valence-electron chi connectivity index (χ0n) is 10.4. The minimum absolute atomic E-state index is 0.0420. The molecule has 1 aromatic carbocycles. The summed E-state index contributed by atoms with van der Waals surface area (Å²) >= 11 is 0. The highest BCUT2D eigenvalue weighted by molar-refractivity contribution is 5.75. The molecule has 0 spiro atoms. The van der Waals surface area contributed by atoms with E-state index in [0.717, 1.165) is 5.56 Å². The molecule has 1 aromatic rings. The van der Waals surface area contributed by atoms with Crippen LogP contribution < -0.4 is 9.47 Å². The number of hydrogen-bond donors (Lipinski definition) is 1. The second-order valence-electron chi connectivity index (χ2n) is 3.98. The molecule has 0 fully saturated rings. The first-order valence-electron chi connectivity index (χ1n) is 5.50. The Balaban J connectivity index is 2.79. The van der Waals surface area contributed by atoms with Gasteiger partial charge in [0.05, 0.1) is 13.7 Å². The molecule has 94 valence electrons. The molecule has 0 amide bonds. The molecule has 4 nitrogen and oxygen atoms in total. The van der Waals surface area contributed by atoms with E-state index >= 15 is 0 Å². The van der Waals surface area contributed by atoms with E-state index in [2.05, 4.69) is 0 Å². The second-order valence-corrected chi connectivity index (χ2v) is 3.98. The molecular formula is C13H18O4. The molecule has 4 heteroatoms. The summed E-state index contributed by atoms with van der Waals surface area (Å²) in [4.78, 5) is 11.0. The molecule has 0 heterocycles. The molecule has 1 rings (SSSR count). The number of ether oxygens (including phenoxy) is 2. The van der Waals surface area contributed by atoms with E-state index in [1.54, 1.807) is 25.3 Å². The summed E-state index contributed by atoms with van der Waals surface area (Å²) in [5, 5.41) is 9.01. The first-order chi connectivity index (χ1) is 8.06. The van der Waals surface area contributed by atoms with Gasteiger partial charge < -0.3 is 14.6 Å². The van der Waals surface area contributed by atoms with Crippen molar-refractivity contribution in [2.24, 2.45) is 0 Å². The number of methoxy groups -OCH3 is 1. The average Bonchev–Trinajstić information content (AvgIpc) is 2.28. The number of aliphatic hydroxyl groups is 1. The maximum atomic E-state index is 11.0. The van der Waals surface area contributed by atoms with Crippen molar-refractivity contribution in [3.63, 3.8) is 0 Å². The normalized spacial score (nSPS) is 12.0. The molecule has 0 saturated carbocycles. The minimum atomic E-state index is -0.193. The lowest BCUT2D eigenvalue weighted by molar-refractivity contribution is -0.118. The highest BCUT2D eigenvalue weighted by atomic mass is 16.5. The Kier molecular flexibility index (Phi) is 4.97. The molecule has 0 radical (unpaired) electrons. The number of rotatable bonds is 6. The van der Waals surface area contributed by atoms with E-state index in [-0.39, 0.29) is 18.5 Å². The number of hydrogen-bond acceptors (Lipinski definition) is 4. The van der Waals surface area contributed by atoms with E-state index in [1.165, 1.54) is 6.92 Å². The molecule has 1 N–H and O–H groups in total. The van der Waals surface area contributed by atoms with Crippen molar-refractivity contribution in [1.82, 2.24) is 0 Å². The van der Waals surface area contributed by atoms with Crippen LogP contribution in [0.4, 0.5) is 0 Å². The quantitative estimate of drug-likeness (QED) is 0.822. The predicted molar refractivity (Wildman–Crippen MR) is 64.3 cm³/mol. The number of benzene rings is 1. The highest BCUT2D eigenvalue weighted by Crippen LogP contribution is 2.29. The van der Waals surface area contributed by atoms with Gasteiger partial charge in [0, 0.05) is 6.42 Å². The molecule has 0 aliphatic heterocycles. The van der Waals surface area contributed by atoms with Crippen LogP contribution in [0.15, 0.2) is 18.2 Å². The summed E-state index contributed by atoms with van der Waals surface area (Å²) in [5.41, 5.74) is 0.758. The van der Waals surface area contributed by atoms with Crippen molar-refractivity contribution in [2.45, 2.75) is 33.0 Å². The van der Waals surface area contributed by atoms with Crippen LogP contribution in [0.3, 0.4) is 0 Å². The van der Waals surface area contributed by atoms with Crippen LogP contribution in [0.5, 0.6) is 11.5 Å². The van der Waals surface area contributed by atoms with Crippen molar-refractivity contribution in [3.05, 3.63) is 23.8 Å². The van der Waals surface area contributed by atoms with Gasteiger partial charge >= 0.3 is 0 Å². The molecule has 0 aliphatic rings. The Morgan fingerprint density at radius 1 is 1.41 bits per heavy atom. The first kappa shape index (κ1) is 13.5. The van der Waals surface area contributed by atoms with E-state index < -0.39 is 0 Å². The van der Waals surface area contributed by atoms with E-state index in [0.29, 0.717) is 17.9 Å². The largest absolute Gasteiger partial charge is 0.493 e. The fraction of sp³-hybridized carbons (Fsp3) is 0.462. The summed E-state index contributed by atoms with van der Waals surface area (Å²) in [6.07, 6.45) is 0.173. The lowest BCUT2D eigenvalue weighted by Crippen LogP contribution is -2.15. The fourth-order valence-electron chi connectivity index (χ4n) is 1.57. The molecule has 0 saturated heterocycles. The van der Waals surface area contributed by atoms with Crippen molar-refractivity contribution in [1.29, 1.82) is 0 Å². The molecule has 1 unspecified atom stereocenters. The van der Waals surface area contributed by atoms with Gasteiger partial charge in [0.2, 0.25) is 0 Å². The highest BCUT2D eigenvalue weighted by Gasteiger charge is 2.11. The van der Waals surface area contributed by atoms with Crippen LogP contribution in [0, 0.1) is 0 Å². The van der Waals surface area contributed by atoms with E-state index in [1.807, 2.05) is 6.92 Å². The van der Waals surface area contributed by atoms with Gasteiger partial charge in [-0.25, -0.2) is 0 Å².